The van der Waals surface area contributed by atoms with Crippen LogP contribution in [0.4, 0.5) is 11.9 Å². The van der Waals surface area contributed by atoms with Gasteiger partial charge in [-0.05, 0) is 54.4 Å². The van der Waals surface area contributed by atoms with E-state index in [1.165, 1.54) is 4.52 Å². The first-order valence-electron chi connectivity index (χ1n) is 9.72. The number of aromatic nitrogens is 7. The number of rotatable bonds is 6. The fourth-order valence-corrected chi connectivity index (χ4v) is 4.45. The highest BCUT2D eigenvalue weighted by Gasteiger charge is 2.31. The highest BCUT2D eigenvalue weighted by atomic mass is 79.9. The van der Waals surface area contributed by atoms with E-state index in [4.69, 9.17) is 10.2 Å². The van der Waals surface area contributed by atoms with Gasteiger partial charge in [0.05, 0.1) is 28.7 Å². The number of nitrogens with zero attached hydrogens (tertiary/aromatic N) is 7. The van der Waals surface area contributed by atoms with Gasteiger partial charge in [-0.2, -0.15) is 24.6 Å². The molecule has 0 aromatic carbocycles. The quantitative estimate of drug-likeness (QED) is 0.385. The molecule has 0 bridgehead atoms. The van der Waals surface area contributed by atoms with Crippen LogP contribution in [-0.2, 0) is 0 Å². The number of anilines is 2. The van der Waals surface area contributed by atoms with Crippen LogP contribution in [0, 0.1) is 0 Å². The minimum Gasteiger partial charge on any atom is -0.461 e. The molecule has 1 aliphatic rings. The molecule has 0 aliphatic carbocycles. The molecule has 12 heteroatoms. The third kappa shape index (κ3) is 3.41. The zero-order valence-electron chi connectivity index (χ0n) is 16.3. The van der Waals surface area contributed by atoms with Gasteiger partial charge in [0.15, 0.2) is 5.76 Å². The van der Waals surface area contributed by atoms with Crippen molar-refractivity contribution in [3.63, 3.8) is 0 Å². The van der Waals surface area contributed by atoms with Gasteiger partial charge in [0, 0.05) is 12.6 Å². The zero-order valence-corrected chi connectivity index (χ0v) is 17.9. The Morgan fingerprint density at radius 3 is 3.07 bits per heavy atom. The van der Waals surface area contributed by atoms with E-state index >= 15 is 0 Å². The minimum atomic E-state index is 0.214. The van der Waals surface area contributed by atoms with Crippen molar-refractivity contribution in [3.8, 4) is 11.6 Å². The maximum atomic E-state index is 6.08. The smallest absolute Gasteiger partial charge is 0.259 e. The molecule has 0 amide bonds. The van der Waals surface area contributed by atoms with E-state index in [9.17, 15) is 0 Å². The molecule has 5 rings (SSSR count). The lowest BCUT2D eigenvalue weighted by Crippen LogP contribution is -2.37. The standard InChI is InChI=1S/C18H21BrN10O/c1-10(14-12(19)9-22-26-14)28-6-2-4-11(28)8-21-17-24-16(20)29-18(25-17)23-15(27-29)13-5-3-7-30-13/h3,5,7,9-11H,2,4,6,8H2,1H3,(H,22,26)(H3,20,21,23,24,25,27). The first kappa shape index (κ1) is 19.0. The van der Waals surface area contributed by atoms with Gasteiger partial charge in [0.1, 0.15) is 0 Å². The van der Waals surface area contributed by atoms with E-state index < -0.39 is 0 Å². The Morgan fingerprint density at radius 2 is 2.30 bits per heavy atom. The molecule has 1 aliphatic heterocycles. The number of likely N-dealkylation sites (tertiary alicyclic amines) is 1. The van der Waals surface area contributed by atoms with E-state index in [-0.39, 0.29) is 12.0 Å². The number of nitrogen functional groups attached to an aromatic ring is 1. The summed E-state index contributed by atoms with van der Waals surface area (Å²) in [6.45, 7) is 3.91. The Hall–Kier alpha value is -2.99. The molecule has 30 heavy (non-hydrogen) atoms. The average molecular weight is 473 g/mol. The third-order valence-corrected chi connectivity index (χ3v) is 6.06. The molecule has 4 aromatic rings. The molecule has 2 atom stereocenters. The van der Waals surface area contributed by atoms with Crippen LogP contribution in [0.25, 0.3) is 17.4 Å². The van der Waals surface area contributed by atoms with Crippen molar-refractivity contribution in [3.05, 3.63) is 34.8 Å². The number of fused-ring (bicyclic) bond motifs is 1. The lowest BCUT2D eigenvalue weighted by molar-refractivity contribution is 0.196. The van der Waals surface area contributed by atoms with Crippen molar-refractivity contribution in [2.45, 2.75) is 31.8 Å². The second-order valence-electron chi connectivity index (χ2n) is 7.25. The van der Waals surface area contributed by atoms with Gasteiger partial charge in [-0.3, -0.25) is 10.00 Å². The molecular weight excluding hydrogens is 452 g/mol. The first-order chi connectivity index (χ1) is 14.6. The summed E-state index contributed by atoms with van der Waals surface area (Å²) in [6.07, 6.45) is 5.59. The fourth-order valence-electron chi connectivity index (χ4n) is 3.93. The van der Waals surface area contributed by atoms with Crippen LogP contribution in [0.2, 0.25) is 0 Å². The summed E-state index contributed by atoms with van der Waals surface area (Å²) < 4.78 is 7.75. The van der Waals surface area contributed by atoms with Crippen LogP contribution >= 0.6 is 15.9 Å². The van der Waals surface area contributed by atoms with Gasteiger partial charge < -0.3 is 15.5 Å². The molecule has 2 unspecified atom stereocenters. The minimum absolute atomic E-state index is 0.214. The summed E-state index contributed by atoms with van der Waals surface area (Å²) in [7, 11) is 0. The molecule has 11 nitrogen and oxygen atoms in total. The first-order valence-corrected chi connectivity index (χ1v) is 10.5. The molecule has 5 heterocycles. The lowest BCUT2D eigenvalue weighted by atomic mass is 10.1. The summed E-state index contributed by atoms with van der Waals surface area (Å²) in [5, 5.41) is 14.9. The molecule has 0 saturated carbocycles. The van der Waals surface area contributed by atoms with Crippen LogP contribution < -0.4 is 11.1 Å². The molecule has 4 aromatic heterocycles. The Kier molecular flexibility index (Phi) is 4.87. The van der Waals surface area contributed by atoms with Gasteiger partial charge in [-0.1, -0.05) is 0 Å². The third-order valence-electron chi connectivity index (χ3n) is 5.43. The summed E-state index contributed by atoms with van der Waals surface area (Å²) in [5.41, 5.74) is 7.16. The van der Waals surface area contributed by atoms with Crippen molar-refractivity contribution in [2.24, 2.45) is 0 Å². The van der Waals surface area contributed by atoms with Gasteiger partial charge in [-0.15, -0.1) is 5.10 Å². The fraction of sp³-hybridized carbons (Fsp3) is 0.389. The van der Waals surface area contributed by atoms with E-state index in [2.05, 4.69) is 63.3 Å². The van der Waals surface area contributed by atoms with E-state index in [1.807, 2.05) is 0 Å². The van der Waals surface area contributed by atoms with Gasteiger partial charge in [-0.25, -0.2) is 0 Å². The topological polar surface area (TPSA) is 139 Å². The Bertz CT molecular complexity index is 1150. The molecule has 1 saturated heterocycles. The number of aromatic amines is 1. The zero-order chi connectivity index (χ0) is 20.7. The monoisotopic (exact) mass is 472 g/mol. The second kappa shape index (κ2) is 7.69. The highest BCUT2D eigenvalue weighted by Crippen LogP contribution is 2.31. The van der Waals surface area contributed by atoms with Gasteiger partial charge >= 0.3 is 0 Å². The Morgan fingerprint density at radius 1 is 1.40 bits per heavy atom. The SMILES string of the molecule is CC(c1[nH]ncc1Br)N1CCCC1CNc1nc(N)n2nc(-c3ccco3)nc2n1. The molecule has 1 fully saturated rings. The summed E-state index contributed by atoms with van der Waals surface area (Å²) in [4.78, 5) is 15.7. The maximum Gasteiger partial charge on any atom is 0.259 e. The number of furan rings is 1. The van der Waals surface area contributed by atoms with Crippen molar-refractivity contribution in [1.29, 1.82) is 0 Å². The van der Waals surface area contributed by atoms with Crippen molar-refractivity contribution >= 4 is 33.6 Å². The van der Waals surface area contributed by atoms with E-state index in [0.29, 0.717) is 35.9 Å². The van der Waals surface area contributed by atoms with Crippen LogP contribution in [0.15, 0.2) is 33.5 Å². The Labute approximate surface area is 180 Å². The predicted octanol–water partition coefficient (Wildman–Crippen LogP) is 2.48. The van der Waals surface area contributed by atoms with Crippen LogP contribution in [-0.4, -0.2) is 58.8 Å². The van der Waals surface area contributed by atoms with E-state index in [0.717, 1.165) is 29.6 Å². The van der Waals surface area contributed by atoms with Crippen molar-refractivity contribution in [1.82, 2.24) is 39.7 Å². The van der Waals surface area contributed by atoms with Crippen LogP contribution in [0.1, 0.15) is 31.5 Å². The summed E-state index contributed by atoms with van der Waals surface area (Å²) in [6, 6.07) is 4.12. The summed E-state index contributed by atoms with van der Waals surface area (Å²) >= 11 is 3.56. The lowest BCUT2D eigenvalue weighted by Gasteiger charge is -2.30. The molecule has 0 spiro atoms. The number of H-pyrrole nitrogens is 1. The van der Waals surface area contributed by atoms with Crippen molar-refractivity contribution in [2.75, 3.05) is 24.1 Å². The Balaban J connectivity index is 1.32. The number of hydrogen-bond donors (Lipinski definition) is 3. The molecule has 156 valence electrons. The number of hydrogen-bond acceptors (Lipinski definition) is 9. The predicted molar refractivity (Wildman–Crippen MR) is 114 cm³/mol. The average Bonchev–Trinajstić information content (AvgIpc) is 3.51. The molecule has 0 radical (unpaired) electrons. The second-order valence-corrected chi connectivity index (χ2v) is 8.11. The summed E-state index contributed by atoms with van der Waals surface area (Å²) in [5.74, 6) is 1.98. The molecular formula is C18H21BrN10O. The van der Waals surface area contributed by atoms with Gasteiger partial charge in [0.2, 0.25) is 17.7 Å². The van der Waals surface area contributed by atoms with Crippen molar-refractivity contribution < 1.29 is 4.42 Å². The number of halogens is 1. The van der Waals surface area contributed by atoms with Crippen LogP contribution in [0.5, 0.6) is 0 Å². The van der Waals surface area contributed by atoms with Gasteiger partial charge in [0.25, 0.3) is 5.78 Å². The number of nitrogens with one attached hydrogen (secondary N) is 2. The van der Waals surface area contributed by atoms with E-state index in [1.54, 1.807) is 24.6 Å². The molecule has 4 N–H and O–H groups in total. The highest BCUT2D eigenvalue weighted by molar-refractivity contribution is 9.10. The largest absolute Gasteiger partial charge is 0.461 e. The maximum absolute atomic E-state index is 6.08. The normalized spacial score (nSPS) is 18.3. The van der Waals surface area contributed by atoms with Crippen LogP contribution in [0.3, 0.4) is 0 Å². The number of nitrogens with two attached hydrogens (primary N) is 1.